The number of hydrogen-bond donors (Lipinski definition) is 2. The average molecular weight is 246 g/mol. The van der Waals surface area contributed by atoms with Crippen molar-refractivity contribution in [3.63, 3.8) is 0 Å². The molecule has 0 radical (unpaired) electrons. The second kappa shape index (κ2) is 5.42. The zero-order valence-corrected chi connectivity index (χ0v) is 11.2. The van der Waals surface area contributed by atoms with Crippen molar-refractivity contribution in [3.8, 4) is 0 Å². The molecule has 1 aliphatic rings. The molecule has 2 rings (SSSR count). The fraction of sp³-hybridized carbons (Fsp3) is 0.533. The molecule has 0 amide bonds. The van der Waals surface area contributed by atoms with Crippen LogP contribution in [0.2, 0.25) is 0 Å². The van der Waals surface area contributed by atoms with Crippen molar-refractivity contribution in [1.82, 2.24) is 0 Å². The predicted octanol–water partition coefficient (Wildman–Crippen LogP) is 3.32. The zero-order chi connectivity index (χ0) is 13.1. The summed E-state index contributed by atoms with van der Waals surface area (Å²) < 4.78 is 0. The fourth-order valence-electron chi connectivity index (χ4n) is 2.77. The summed E-state index contributed by atoms with van der Waals surface area (Å²) >= 11 is 0. The summed E-state index contributed by atoms with van der Waals surface area (Å²) in [4.78, 5) is 11.3. The number of hydrogen-bond acceptors (Lipinski definition) is 3. The van der Waals surface area contributed by atoms with E-state index in [1.165, 1.54) is 19.3 Å². The second-order valence-electron chi connectivity index (χ2n) is 5.52. The highest BCUT2D eigenvalue weighted by molar-refractivity contribution is 5.99. The number of nitrogen functional groups attached to an aromatic ring is 1. The van der Waals surface area contributed by atoms with E-state index in [4.69, 9.17) is 5.73 Å². The number of benzene rings is 1. The molecular formula is C15H22N2O. The lowest BCUT2D eigenvalue weighted by Gasteiger charge is -2.13. The van der Waals surface area contributed by atoms with E-state index in [0.29, 0.717) is 11.3 Å². The van der Waals surface area contributed by atoms with Gasteiger partial charge >= 0.3 is 0 Å². The molecule has 0 bridgehead atoms. The Labute approximate surface area is 109 Å². The summed E-state index contributed by atoms with van der Waals surface area (Å²) in [5, 5.41) is 3.42. The summed E-state index contributed by atoms with van der Waals surface area (Å²) in [6.45, 7) is 4.86. The molecule has 3 nitrogen and oxygen atoms in total. The summed E-state index contributed by atoms with van der Waals surface area (Å²) in [5.74, 6) is 1.65. The number of carbonyl (C=O) groups is 1. The van der Waals surface area contributed by atoms with Crippen molar-refractivity contribution in [3.05, 3.63) is 23.8 Å². The first-order chi connectivity index (χ1) is 8.56. The highest BCUT2D eigenvalue weighted by Crippen LogP contribution is 2.30. The summed E-state index contributed by atoms with van der Waals surface area (Å²) in [6, 6.07) is 5.60. The average Bonchev–Trinajstić information content (AvgIpc) is 2.72. The lowest BCUT2D eigenvalue weighted by atomic mass is 10.1. The molecule has 2 unspecified atom stereocenters. The minimum absolute atomic E-state index is 0.0173. The minimum atomic E-state index is 0.0173. The van der Waals surface area contributed by atoms with Crippen molar-refractivity contribution in [1.29, 1.82) is 0 Å². The fourth-order valence-corrected chi connectivity index (χ4v) is 2.77. The molecule has 2 atom stereocenters. The van der Waals surface area contributed by atoms with Gasteiger partial charge in [0, 0.05) is 23.5 Å². The number of ketones is 1. The first kappa shape index (κ1) is 12.9. The van der Waals surface area contributed by atoms with Gasteiger partial charge in [0.15, 0.2) is 5.78 Å². The van der Waals surface area contributed by atoms with Gasteiger partial charge in [0.2, 0.25) is 0 Å². The number of rotatable bonds is 4. The molecule has 0 spiro atoms. The smallest absolute Gasteiger partial charge is 0.161 e. The van der Waals surface area contributed by atoms with Gasteiger partial charge in [0.25, 0.3) is 0 Å². The highest BCUT2D eigenvalue weighted by atomic mass is 16.1. The van der Waals surface area contributed by atoms with Crippen LogP contribution < -0.4 is 11.1 Å². The van der Waals surface area contributed by atoms with Gasteiger partial charge < -0.3 is 11.1 Å². The largest absolute Gasteiger partial charge is 0.398 e. The van der Waals surface area contributed by atoms with Crippen LogP contribution in [0.3, 0.4) is 0 Å². The standard InChI is InChI=1S/C15H22N2O/c1-10-3-4-12(7-10)9-17-13-5-6-14(11(2)18)15(16)8-13/h5-6,8,10,12,17H,3-4,7,9,16H2,1-2H3. The van der Waals surface area contributed by atoms with Gasteiger partial charge in [-0.05, 0) is 49.8 Å². The van der Waals surface area contributed by atoms with Crippen LogP contribution in [-0.2, 0) is 0 Å². The monoisotopic (exact) mass is 246 g/mol. The SMILES string of the molecule is CC(=O)c1ccc(NCC2CCC(C)C2)cc1N. The van der Waals surface area contributed by atoms with Gasteiger partial charge in [-0.1, -0.05) is 13.3 Å². The molecule has 1 aromatic carbocycles. The molecule has 3 heteroatoms. The lowest BCUT2D eigenvalue weighted by Crippen LogP contribution is -2.12. The van der Waals surface area contributed by atoms with Crippen LogP contribution in [-0.4, -0.2) is 12.3 Å². The van der Waals surface area contributed by atoms with Crippen LogP contribution >= 0.6 is 0 Å². The predicted molar refractivity (Wildman–Crippen MR) is 75.9 cm³/mol. The number of Topliss-reactive ketones (excluding diaryl/α,β-unsaturated/α-hetero) is 1. The van der Waals surface area contributed by atoms with Gasteiger partial charge in [-0.2, -0.15) is 0 Å². The Balaban J connectivity index is 1.94. The van der Waals surface area contributed by atoms with Gasteiger partial charge in [0.1, 0.15) is 0 Å². The second-order valence-corrected chi connectivity index (χ2v) is 5.52. The third-order valence-corrected chi connectivity index (χ3v) is 3.83. The van der Waals surface area contributed by atoms with Crippen LogP contribution in [0.15, 0.2) is 18.2 Å². The topological polar surface area (TPSA) is 55.1 Å². The molecule has 1 aliphatic carbocycles. The molecule has 1 aromatic rings. The molecular weight excluding hydrogens is 224 g/mol. The Hall–Kier alpha value is -1.51. The number of nitrogens with one attached hydrogen (secondary N) is 1. The summed E-state index contributed by atoms with van der Waals surface area (Å²) in [6.07, 6.45) is 3.97. The van der Waals surface area contributed by atoms with Crippen LogP contribution in [0.5, 0.6) is 0 Å². The zero-order valence-electron chi connectivity index (χ0n) is 11.2. The quantitative estimate of drug-likeness (QED) is 0.633. The van der Waals surface area contributed by atoms with E-state index in [2.05, 4.69) is 12.2 Å². The molecule has 18 heavy (non-hydrogen) atoms. The molecule has 0 saturated heterocycles. The van der Waals surface area contributed by atoms with Crippen LogP contribution in [0, 0.1) is 11.8 Å². The van der Waals surface area contributed by atoms with Gasteiger partial charge in [-0.15, -0.1) is 0 Å². The van der Waals surface area contributed by atoms with Crippen molar-refractivity contribution < 1.29 is 4.79 Å². The van der Waals surface area contributed by atoms with Crippen molar-refractivity contribution in [2.75, 3.05) is 17.6 Å². The van der Waals surface area contributed by atoms with Crippen molar-refractivity contribution in [2.24, 2.45) is 11.8 Å². The molecule has 1 fully saturated rings. The first-order valence-electron chi connectivity index (χ1n) is 6.70. The number of carbonyl (C=O) groups excluding carboxylic acids is 1. The lowest BCUT2D eigenvalue weighted by molar-refractivity contribution is 0.101. The Bertz CT molecular complexity index is 442. The van der Waals surface area contributed by atoms with Crippen LogP contribution in [0.25, 0.3) is 0 Å². The molecule has 0 aromatic heterocycles. The van der Waals surface area contributed by atoms with Crippen molar-refractivity contribution in [2.45, 2.75) is 33.1 Å². The third kappa shape index (κ3) is 3.03. The molecule has 3 N–H and O–H groups in total. The first-order valence-corrected chi connectivity index (χ1v) is 6.70. The molecule has 1 saturated carbocycles. The normalized spacial score (nSPS) is 23.0. The summed E-state index contributed by atoms with van der Waals surface area (Å²) in [5.41, 5.74) is 8.05. The summed E-state index contributed by atoms with van der Waals surface area (Å²) in [7, 11) is 0. The maximum atomic E-state index is 11.3. The van der Waals surface area contributed by atoms with Gasteiger partial charge in [0.05, 0.1) is 0 Å². The van der Waals surface area contributed by atoms with E-state index in [0.717, 1.165) is 24.1 Å². The Morgan fingerprint density at radius 3 is 2.78 bits per heavy atom. The van der Waals surface area contributed by atoms with E-state index in [1.807, 2.05) is 12.1 Å². The maximum Gasteiger partial charge on any atom is 0.161 e. The van der Waals surface area contributed by atoms with E-state index in [-0.39, 0.29) is 5.78 Å². The Morgan fingerprint density at radius 1 is 1.44 bits per heavy atom. The van der Waals surface area contributed by atoms with E-state index in [9.17, 15) is 4.79 Å². The van der Waals surface area contributed by atoms with Gasteiger partial charge in [-0.25, -0.2) is 0 Å². The van der Waals surface area contributed by atoms with E-state index >= 15 is 0 Å². The maximum absolute atomic E-state index is 11.3. The molecule has 98 valence electrons. The number of anilines is 2. The van der Waals surface area contributed by atoms with E-state index in [1.54, 1.807) is 13.0 Å². The van der Waals surface area contributed by atoms with Crippen LogP contribution in [0.4, 0.5) is 11.4 Å². The Morgan fingerprint density at radius 2 is 2.22 bits per heavy atom. The van der Waals surface area contributed by atoms with E-state index < -0.39 is 0 Å². The third-order valence-electron chi connectivity index (χ3n) is 3.83. The minimum Gasteiger partial charge on any atom is -0.398 e. The Kier molecular flexibility index (Phi) is 3.90. The van der Waals surface area contributed by atoms with Crippen molar-refractivity contribution >= 4 is 17.2 Å². The number of nitrogens with two attached hydrogens (primary N) is 1. The molecule has 0 heterocycles. The van der Waals surface area contributed by atoms with Crippen LogP contribution in [0.1, 0.15) is 43.5 Å². The molecule has 0 aliphatic heterocycles. The highest BCUT2D eigenvalue weighted by Gasteiger charge is 2.20. The van der Waals surface area contributed by atoms with Gasteiger partial charge in [-0.3, -0.25) is 4.79 Å².